The average molecular weight is 621 g/mol. The van der Waals surface area contributed by atoms with Gasteiger partial charge in [-0.2, -0.15) is 31.6 Å². The highest BCUT2D eigenvalue weighted by molar-refractivity contribution is 8.10. The fraction of sp³-hybridized carbons (Fsp3) is 0.522. The van der Waals surface area contributed by atoms with Crippen molar-refractivity contribution in [1.82, 2.24) is 10.2 Å². The molecular weight excluding hydrogens is 597 g/mol. The first kappa shape index (κ1) is 32.9. The first-order chi connectivity index (χ1) is 17.6. The quantitative estimate of drug-likeness (QED) is 0.339. The van der Waals surface area contributed by atoms with Gasteiger partial charge in [0.15, 0.2) is 4.87 Å². The molecule has 1 aliphatic heterocycles. The van der Waals surface area contributed by atoms with Gasteiger partial charge in [0, 0.05) is 35.5 Å². The molecule has 1 aromatic carbocycles. The van der Waals surface area contributed by atoms with E-state index in [0.29, 0.717) is 17.8 Å². The highest BCUT2D eigenvalue weighted by Gasteiger charge is 2.72. The molecule has 0 bridgehead atoms. The monoisotopic (exact) mass is 620 g/mol. The number of amides is 2. The molecule has 0 aliphatic carbocycles. The summed E-state index contributed by atoms with van der Waals surface area (Å²) in [6, 6.07) is 3.01. The Balaban J connectivity index is 2.87. The fourth-order valence-corrected chi connectivity index (χ4v) is 6.10. The maximum atomic E-state index is 13.5. The zero-order valence-corrected chi connectivity index (χ0v) is 23.3. The Kier molecular flexibility index (Phi) is 9.20. The molecule has 1 heterocycles. The minimum Gasteiger partial charge on any atom is -0.369 e. The van der Waals surface area contributed by atoms with Gasteiger partial charge in [-0.3, -0.25) is 9.59 Å². The third-order valence-corrected chi connectivity index (χ3v) is 8.33. The molecule has 0 saturated carbocycles. The molecule has 1 aromatic rings. The van der Waals surface area contributed by atoms with Crippen LogP contribution < -0.4 is 11.1 Å². The van der Waals surface area contributed by atoms with E-state index in [0.717, 1.165) is 6.07 Å². The molecule has 39 heavy (non-hydrogen) atoms. The van der Waals surface area contributed by atoms with Crippen molar-refractivity contribution < 1.29 is 41.0 Å². The summed E-state index contributed by atoms with van der Waals surface area (Å²) < 4.78 is 81.0. The van der Waals surface area contributed by atoms with Gasteiger partial charge in [0.1, 0.15) is 5.70 Å². The van der Waals surface area contributed by atoms with Crippen LogP contribution in [0.25, 0.3) is 4.91 Å². The van der Waals surface area contributed by atoms with Gasteiger partial charge in [-0.25, -0.2) is 0 Å². The SMILES string of the molecule is CCN(CC)C(=O)C1=C(c2ccc(C(O)(C(F)(F)F)C(F)(F)F)c(Cl)c2Cl)SC(CC(C)(C)C#N)(C(N)=O)N1. The minimum atomic E-state index is -6.23. The molecule has 1 atom stereocenters. The predicted octanol–water partition coefficient (Wildman–Crippen LogP) is 5.30. The number of nitrogens with zero attached hydrogens (tertiary/aromatic N) is 2. The molecule has 1 unspecified atom stereocenters. The summed E-state index contributed by atoms with van der Waals surface area (Å²) in [4.78, 5) is 25.4. The lowest BCUT2D eigenvalue weighted by Gasteiger charge is -2.33. The van der Waals surface area contributed by atoms with Crippen LogP contribution in [-0.2, 0) is 15.2 Å². The standard InChI is InChI=1S/C23H24Cl2F6N4O3S/c1-5-35(6-2)17(36)15-16(39-20(34-15,18(33)37)9-19(3,4)10-32)11-7-8-12(14(25)13(11)24)21(38,22(26,27)28)23(29,30)31/h7-8,34,38H,5-6,9H2,1-4H3,(H2,33,37). The number of likely N-dealkylation sites (N-methyl/N-ethyl adjacent to an activating group) is 1. The normalized spacial score (nSPS) is 18.6. The molecule has 0 fully saturated rings. The molecule has 0 radical (unpaired) electrons. The van der Waals surface area contributed by atoms with Crippen LogP contribution in [0.15, 0.2) is 17.8 Å². The highest BCUT2D eigenvalue weighted by Crippen LogP contribution is 2.56. The molecule has 16 heteroatoms. The second-order valence-electron chi connectivity index (χ2n) is 9.27. The van der Waals surface area contributed by atoms with E-state index in [-0.39, 0.29) is 35.7 Å². The summed E-state index contributed by atoms with van der Waals surface area (Å²) in [7, 11) is 0. The average Bonchev–Trinajstić information content (AvgIpc) is 3.19. The Morgan fingerprint density at radius 1 is 1.10 bits per heavy atom. The largest absolute Gasteiger partial charge is 0.430 e. The van der Waals surface area contributed by atoms with E-state index in [9.17, 15) is 46.3 Å². The Morgan fingerprint density at radius 2 is 1.62 bits per heavy atom. The fourth-order valence-electron chi connectivity index (χ4n) is 3.93. The second kappa shape index (κ2) is 10.9. The van der Waals surface area contributed by atoms with Crippen molar-refractivity contribution in [1.29, 1.82) is 5.26 Å². The van der Waals surface area contributed by atoms with Gasteiger partial charge in [0.2, 0.25) is 0 Å². The van der Waals surface area contributed by atoms with Crippen molar-refractivity contribution >= 4 is 51.7 Å². The van der Waals surface area contributed by atoms with Crippen LogP contribution in [0.4, 0.5) is 26.3 Å². The van der Waals surface area contributed by atoms with Crippen LogP contribution in [0.1, 0.15) is 45.2 Å². The van der Waals surface area contributed by atoms with Crippen LogP contribution in [0.2, 0.25) is 10.0 Å². The van der Waals surface area contributed by atoms with Gasteiger partial charge < -0.3 is 21.1 Å². The van der Waals surface area contributed by atoms with Crippen molar-refractivity contribution in [3.63, 3.8) is 0 Å². The van der Waals surface area contributed by atoms with Crippen LogP contribution in [-0.4, -0.2) is 52.1 Å². The van der Waals surface area contributed by atoms with Crippen LogP contribution in [0.5, 0.6) is 0 Å². The topological polar surface area (TPSA) is 119 Å². The number of carbonyl (C=O) groups excluding carboxylic acids is 2. The first-order valence-corrected chi connectivity index (χ1v) is 12.8. The van der Waals surface area contributed by atoms with Crippen molar-refractivity contribution in [3.8, 4) is 6.07 Å². The summed E-state index contributed by atoms with van der Waals surface area (Å²) in [6.45, 7) is 6.69. The third-order valence-electron chi connectivity index (χ3n) is 6.02. The van der Waals surface area contributed by atoms with E-state index < -0.39 is 55.7 Å². The number of nitriles is 1. The highest BCUT2D eigenvalue weighted by atomic mass is 35.5. The Bertz CT molecular complexity index is 1230. The van der Waals surface area contributed by atoms with Gasteiger partial charge in [-0.15, -0.1) is 0 Å². The van der Waals surface area contributed by atoms with E-state index in [1.54, 1.807) is 13.8 Å². The van der Waals surface area contributed by atoms with E-state index in [1.165, 1.54) is 18.7 Å². The summed E-state index contributed by atoms with van der Waals surface area (Å²) >= 11 is 12.7. The van der Waals surface area contributed by atoms with Gasteiger partial charge in [0.25, 0.3) is 17.4 Å². The van der Waals surface area contributed by atoms with Crippen molar-refractivity contribution in [2.45, 2.75) is 56.9 Å². The smallest absolute Gasteiger partial charge is 0.369 e. The minimum absolute atomic E-state index is 0.152. The number of rotatable bonds is 8. The number of carbonyl (C=O) groups is 2. The molecule has 0 spiro atoms. The second-order valence-corrected chi connectivity index (χ2v) is 11.3. The summed E-state index contributed by atoms with van der Waals surface area (Å²) in [5.74, 6) is -1.68. The molecule has 2 amide bonds. The summed E-state index contributed by atoms with van der Waals surface area (Å²) in [6.07, 6.45) is -12.7. The molecule has 0 aromatic heterocycles. The molecule has 1 aliphatic rings. The Labute approximate surface area is 234 Å². The molecule has 7 nitrogen and oxygen atoms in total. The number of hydrogen-bond acceptors (Lipinski definition) is 6. The zero-order chi connectivity index (χ0) is 30.4. The Hall–Kier alpha value is -2.34. The number of nitrogens with two attached hydrogens (primary N) is 1. The van der Waals surface area contributed by atoms with Gasteiger partial charge >= 0.3 is 12.4 Å². The number of aliphatic hydroxyl groups is 1. The van der Waals surface area contributed by atoms with Crippen molar-refractivity contribution in [2.24, 2.45) is 11.1 Å². The van der Waals surface area contributed by atoms with E-state index in [2.05, 4.69) is 5.32 Å². The van der Waals surface area contributed by atoms with E-state index in [4.69, 9.17) is 28.9 Å². The molecule has 216 valence electrons. The number of hydrogen-bond donors (Lipinski definition) is 3. The van der Waals surface area contributed by atoms with Gasteiger partial charge in [-0.05, 0) is 27.7 Å². The first-order valence-electron chi connectivity index (χ1n) is 11.2. The van der Waals surface area contributed by atoms with Crippen LogP contribution in [0, 0.1) is 16.7 Å². The van der Waals surface area contributed by atoms with Gasteiger partial charge in [0.05, 0.1) is 21.5 Å². The van der Waals surface area contributed by atoms with Gasteiger partial charge in [-0.1, -0.05) is 47.1 Å². The maximum absolute atomic E-state index is 13.5. The molecule has 0 saturated heterocycles. The van der Waals surface area contributed by atoms with Crippen molar-refractivity contribution in [2.75, 3.05) is 13.1 Å². The number of halogens is 8. The zero-order valence-electron chi connectivity index (χ0n) is 20.9. The Morgan fingerprint density at radius 3 is 2.03 bits per heavy atom. The predicted molar refractivity (Wildman–Crippen MR) is 134 cm³/mol. The summed E-state index contributed by atoms with van der Waals surface area (Å²) in [5.41, 5.74) is -3.23. The number of thioether (sulfide) groups is 1. The number of benzene rings is 1. The molecule has 2 rings (SSSR count). The lowest BCUT2D eigenvalue weighted by atomic mass is 9.86. The lowest BCUT2D eigenvalue weighted by molar-refractivity contribution is -0.376. The number of nitrogens with one attached hydrogen (secondary N) is 1. The number of primary amides is 1. The van der Waals surface area contributed by atoms with Crippen LogP contribution >= 0.6 is 35.0 Å². The lowest BCUT2D eigenvalue weighted by Crippen LogP contribution is -2.54. The third kappa shape index (κ3) is 5.77. The maximum Gasteiger partial charge on any atom is 0.430 e. The van der Waals surface area contributed by atoms with Crippen LogP contribution in [0.3, 0.4) is 0 Å². The van der Waals surface area contributed by atoms with Crippen molar-refractivity contribution in [3.05, 3.63) is 39.0 Å². The molecule has 4 N–H and O–H groups in total. The molecular formula is C23H24Cl2F6N4O3S. The number of alkyl halides is 6. The summed E-state index contributed by atoms with van der Waals surface area (Å²) in [5, 5.41) is 20.0. The van der Waals surface area contributed by atoms with E-state index >= 15 is 0 Å². The van der Waals surface area contributed by atoms with E-state index in [1.807, 2.05) is 6.07 Å².